The highest BCUT2D eigenvalue weighted by Crippen LogP contribution is 2.32. The monoisotopic (exact) mass is 276 g/mol. The van der Waals surface area contributed by atoms with Crippen LogP contribution in [-0.4, -0.2) is 12.6 Å². The summed E-state index contributed by atoms with van der Waals surface area (Å²) in [7, 11) is 0. The number of hydrogen-bond donors (Lipinski definition) is 0. The smallest absolute Gasteiger partial charge is 0.231 e. The van der Waals surface area contributed by atoms with E-state index in [0.29, 0.717) is 17.1 Å². The van der Waals surface area contributed by atoms with Crippen molar-refractivity contribution >= 4 is 5.78 Å². The Hall–Kier alpha value is -2.43. The van der Waals surface area contributed by atoms with Crippen LogP contribution in [0.25, 0.3) is 0 Å². The van der Waals surface area contributed by atoms with Gasteiger partial charge in [0.25, 0.3) is 0 Å². The SMILES string of the molecule is O=C(Cc1ccc(F)cc1F)c1ccc2c(c1)OCO2. The Bertz CT molecular complexity index is 683. The van der Waals surface area contributed by atoms with E-state index in [1.54, 1.807) is 18.2 Å². The molecule has 1 aliphatic heterocycles. The van der Waals surface area contributed by atoms with Crippen LogP contribution in [0.1, 0.15) is 15.9 Å². The molecule has 0 spiro atoms. The standard InChI is InChI=1S/C15H10F2O3/c16-11-3-1-9(12(17)7-11)5-13(18)10-2-4-14-15(6-10)20-8-19-14/h1-4,6-7H,5,8H2. The fourth-order valence-electron chi connectivity index (χ4n) is 2.01. The normalized spacial score (nSPS) is 12.5. The first kappa shape index (κ1) is 12.6. The van der Waals surface area contributed by atoms with Gasteiger partial charge in [-0.15, -0.1) is 0 Å². The second-order valence-corrected chi connectivity index (χ2v) is 4.40. The Labute approximate surface area is 113 Å². The quantitative estimate of drug-likeness (QED) is 0.808. The highest BCUT2D eigenvalue weighted by molar-refractivity contribution is 5.98. The summed E-state index contributed by atoms with van der Waals surface area (Å²) in [5, 5.41) is 0. The molecule has 0 radical (unpaired) electrons. The van der Waals surface area contributed by atoms with Crippen molar-refractivity contribution < 1.29 is 23.0 Å². The number of ketones is 1. The van der Waals surface area contributed by atoms with Crippen LogP contribution < -0.4 is 9.47 Å². The Morgan fingerprint density at radius 3 is 2.65 bits per heavy atom. The molecule has 2 aromatic carbocycles. The highest BCUT2D eigenvalue weighted by atomic mass is 19.1. The number of ether oxygens (including phenoxy) is 2. The van der Waals surface area contributed by atoms with Crippen molar-refractivity contribution in [3.8, 4) is 11.5 Å². The highest BCUT2D eigenvalue weighted by Gasteiger charge is 2.17. The molecule has 0 fully saturated rings. The van der Waals surface area contributed by atoms with Crippen LogP contribution in [0.5, 0.6) is 11.5 Å². The van der Waals surface area contributed by atoms with Gasteiger partial charge in [-0.3, -0.25) is 4.79 Å². The molecule has 0 saturated carbocycles. The minimum Gasteiger partial charge on any atom is -0.454 e. The van der Waals surface area contributed by atoms with Gasteiger partial charge >= 0.3 is 0 Å². The van der Waals surface area contributed by atoms with Gasteiger partial charge in [-0.05, 0) is 29.8 Å². The van der Waals surface area contributed by atoms with Gasteiger partial charge in [0, 0.05) is 18.1 Å². The summed E-state index contributed by atoms with van der Waals surface area (Å²) in [6.07, 6.45) is -0.133. The zero-order chi connectivity index (χ0) is 14.1. The molecule has 5 heteroatoms. The van der Waals surface area contributed by atoms with Crippen LogP contribution in [0, 0.1) is 11.6 Å². The van der Waals surface area contributed by atoms with E-state index in [4.69, 9.17) is 9.47 Å². The van der Waals surface area contributed by atoms with Gasteiger partial charge in [0.15, 0.2) is 17.3 Å². The fraction of sp³-hybridized carbons (Fsp3) is 0.133. The van der Waals surface area contributed by atoms with Crippen molar-refractivity contribution in [3.63, 3.8) is 0 Å². The van der Waals surface area contributed by atoms with E-state index >= 15 is 0 Å². The summed E-state index contributed by atoms with van der Waals surface area (Å²) in [6, 6.07) is 7.96. The lowest BCUT2D eigenvalue weighted by Gasteiger charge is -2.04. The average Bonchev–Trinajstić information content (AvgIpc) is 2.89. The van der Waals surface area contributed by atoms with Crippen LogP contribution in [0.2, 0.25) is 0 Å². The van der Waals surface area contributed by atoms with Crippen molar-refractivity contribution in [2.45, 2.75) is 6.42 Å². The third-order valence-corrected chi connectivity index (χ3v) is 3.06. The molecular weight excluding hydrogens is 266 g/mol. The van der Waals surface area contributed by atoms with E-state index in [9.17, 15) is 13.6 Å². The number of hydrogen-bond acceptors (Lipinski definition) is 3. The van der Waals surface area contributed by atoms with Gasteiger partial charge in [0.2, 0.25) is 6.79 Å². The van der Waals surface area contributed by atoms with Crippen molar-refractivity contribution in [2.24, 2.45) is 0 Å². The maximum Gasteiger partial charge on any atom is 0.231 e. The van der Waals surface area contributed by atoms with Gasteiger partial charge in [0.1, 0.15) is 11.6 Å². The Morgan fingerprint density at radius 2 is 1.85 bits per heavy atom. The van der Waals surface area contributed by atoms with Gasteiger partial charge in [-0.2, -0.15) is 0 Å². The Kier molecular flexibility index (Phi) is 3.10. The lowest BCUT2D eigenvalue weighted by Crippen LogP contribution is -2.05. The zero-order valence-electron chi connectivity index (χ0n) is 10.4. The molecule has 0 unspecified atom stereocenters. The van der Waals surface area contributed by atoms with E-state index in [2.05, 4.69) is 0 Å². The second-order valence-electron chi connectivity index (χ2n) is 4.40. The van der Waals surface area contributed by atoms with Crippen LogP contribution >= 0.6 is 0 Å². The summed E-state index contributed by atoms with van der Waals surface area (Å²) in [5.74, 6) is -0.584. The number of Topliss-reactive ketones (excluding diaryl/α,β-unsaturated/α-hetero) is 1. The Balaban J connectivity index is 1.82. The van der Waals surface area contributed by atoms with Crippen LogP contribution in [-0.2, 0) is 6.42 Å². The van der Waals surface area contributed by atoms with E-state index in [1.807, 2.05) is 0 Å². The molecule has 102 valence electrons. The van der Waals surface area contributed by atoms with Crippen molar-refractivity contribution in [3.05, 3.63) is 59.2 Å². The third-order valence-electron chi connectivity index (χ3n) is 3.06. The summed E-state index contributed by atoms with van der Waals surface area (Å²) >= 11 is 0. The molecule has 0 amide bonds. The first-order valence-corrected chi connectivity index (χ1v) is 6.00. The Morgan fingerprint density at radius 1 is 1.05 bits per heavy atom. The van der Waals surface area contributed by atoms with Gasteiger partial charge < -0.3 is 9.47 Å². The zero-order valence-corrected chi connectivity index (χ0v) is 10.4. The molecule has 0 aromatic heterocycles. The van der Waals surface area contributed by atoms with Crippen molar-refractivity contribution in [1.82, 2.24) is 0 Å². The molecule has 1 heterocycles. The maximum atomic E-state index is 13.5. The minimum atomic E-state index is -0.723. The molecule has 0 saturated heterocycles. The van der Waals surface area contributed by atoms with E-state index in [0.717, 1.165) is 12.1 Å². The van der Waals surface area contributed by atoms with Crippen LogP contribution in [0.3, 0.4) is 0 Å². The van der Waals surface area contributed by atoms with E-state index in [1.165, 1.54) is 6.07 Å². The average molecular weight is 276 g/mol. The molecule has 20 heavy (non-hydrogen) atoms. The predicted molar refractivity (Wildman–Crippen MR) is 67.0 cm³/mol. The fourth-order valence-corrected chi connectivity index (χ4v) is 2.01. The van der Waals surface area contributed by atoms with Gasteiger partial charge in [-0.1, -0.05) is 6.07 Å². The summed E-state index contributed by atoms with van der Waals surface area (Å²) in [4.78, 5) is 12.1. The summed E-state index contributed by atoms with van der Waals surface area (Å²) in [5.41, 5.74) is 0.562. The van der Waals surface area contributed by atoms with Crippen LogP contribution in [0.15, 0.2) is 36.4 Å². The minimum absolute atomic E-state index is 0.125. The van der Waals surface area contributed by atoms with Gasteiger partial charge in [0.05, 0.1) is 0 Å². The molecule has 0 atom stereocenters. The lowest BCUT2D eigenvalue weighted by molar-refractivity contribution is 0.0991. The molecule has 0 N–H and O–H groups in total. The van der Waals surface area contributed by atoms with E-state index in [-0.39, 0.29) is 24.6 Å². The number of carbonyl (C=O) groups excluding carboxylic acids is 1. The molecule has 3 nitrogen and oxygen atoms in total. The lowest BCUT2D eigenvalue weighted by atomic mass is 10.0. The van der Waals surface area contributed by atoms with Crippen LogP contribution in [0.4, 0.5) is 8.78 Å². The van der Waals surface area contributed by atoms with Gasteiger partial charge in [-0.25, -0.2) is 8.78 Å². The number of carbonyl (C=O) groups is 1. The second kappa shape index (κ2) is 4.92. The topological polar surface area (TPSA) is 35.5 Å². The summed E-state index contributed by atoms with van der Waals surface area (Å²) in [6.45, 7) is 0.125. The molecule has 0 bridgehead atoms. The number of rotatable bonds is 3. The molecular formula is C15H10F2O3. The first-order valence-electron chi connectivity index (χ1n) is 6.00. The number of fused-ring (bicyclic) bond motifs is 1. The molecule has 0 aliphatic carbocycles. The van der Waals surface area contributed by atoms with E-state index < -0.39 is 11.6 Å². The predicted octanol–water partition coefficient (Wildman–Crippen LogP) is 3.12. The third kappa shape index (κ3) is 2.34. The maximum absolute atomic E-state index is 13.5. The largest absolute Gasteiger partial charge is 0.454 e. The summed E-state index contributed by atoms with van der Waals surface area (Å²) < 4.78 is 36.6. The molecule has 3 rings (SSSR count). The molecule has 1 aliphatic rings. The van der Waals surface area contributed by atoms with Crippen molar-refractivity contribution in [1.29, 1.82) is 0 Å². The number of benzene rings is 2. The first-order chi connectivity index (χ1) is 9.63. The van der Waals surface area contributed by atoms with Crippen molar-refractivity contribution in [2.75, 3.05) is 6.79 Å². The molecule has 2 aromatic rings. The number of halogens is 2.